The lowest BCUT2D eigenvalue weighted by Gasteiger charge is -2.10. The Morgan fingerprint density at radius 1 is 1.20 bits per heavy atom. The number of esters is 1. The number of halogens is 1. The highest BCUT2D eigenvalue weighted by Gasteiger charge is 2.28. The number of hydrogen-bond donors (Lipinski definition) is 1. The summed E-state index contributed by atoms with van der Waals surface area (Å²) in [6.07, 6.45) is 1.66. The molecular weight excluding hydrogens is 428 g/mol. The van der Waals surface area contributed by atoms with E-state index >= 15 is 0 Å². The molecule has 9 heteroatoms. The van der Waals surface area contributed by atoms with Crippen LogP contribution in [-0.2, 0) is 21.4 Å². The molecule has 0 atom stereocenters. The van der Waals surface area contributed by atoms with Crippen molar-refractivity contribution in [3.63, 3.8) is 0 Å². The summed E-state index contributed by atoms with van der Waals surface area (Å²) in [6, 6.07) is 12.9. The van der Waals surface area contributed by atoms with Crippen LogP contribution in [0.4, 0.5) is 0 Å². The van der Waals surface area contributed by atoms with Crippen molar-refractivity contribution >= 4 is 38.5 Å². The van der Waals surface area contributed by atoms with Crippen LogP contribution in [0.5, 0.6) is 5.75 Å². The van der Waals surface area contributed by atoms with Gasteiger partial charge in [-0.3, -0.25) is 0 Å². The molecule has 1 aromatic heterocycles. The van der Waals surface area contributed by atoms with Gasteiger partial charge in [0.25, 0.3) is 0 Å². The number of aromatic nitrogens is 1. The Balaban J connectivity index is 1.49. The summed E-state index contributed by atoms with van der Waals surface area (Å²) < 4.78 is 37.8. The molecule has 30 heavy (non-hydrogen) atoms. The van der Waals surface area contributed by atoms with E-state index < -0.39 is 16.0 Å². The molecule has 1 fully saturated rings. The number of pyridine rings is 1. The van der Waals surface area contributed by atoms with E-state index in [0.717, 1.165) is 18.2 Å². The van der Waals surface area contributed by atoms with Gasteiger partial charge in [0.15, 0.2) is 0 Å². The fourth-order valence-electron chi connectivity index (χ4n) is 2.90. The summed E-state index contributed by atoms with van der Waals surface area (Å²) >= 11 is 6.24. The quantitative estimate of drug-likeness (QED) is 0.439. The monoisotopic (exact) mass is 446 g/mol. The maximum atomic E-state index is 12.5. The first kappa shape index (κ1) is 20.6. The minimum absolute atomic E-state index is 0.0203. The molecule has 156 valence electrons. The Bertz CT molecular complexity index is 1230. The smallest absolute Gasteiger partial charge is 0.338 e. The lowest BCUT2D eigenvalue weighted by atomic mass is 10.1. The van der Waals surface area contributed by atoms with Gasteiger partial charge in [0.1, 0.15) is 17.5 Å². The Morgan fingerprint density at radius 3 is 2.73 bits per heavy atom. The molecule has 1 N–H and O–H groups in total. The Kier molecular flexibility index (Phi) is 5.64. The van der Waals surface area contributed by atoms with Crippen LogP contribution in [0, 0.1) is 0 Å². The number of carbonyl (C=O) groups is 1. The molecule has 0 amide bonds. The van der Waals surface area contributed by atoms with E-state index in [1.165, 1.54) is 24.3 Å². The number of sulfonamides is 1. The highest BCUT2D eigenvalue weighted by molar-refractivity contribution is 7.89. The number of benzene rings is 2. The minimum atomic E-state index is -3.66. The molecule has 0 radical (unpaired) electrons. The van der Waals surface area contributed by atoms with Crippen molar-refractivity contribution in [1.82, 2.24) is 9.71 Å². The third-order valence-electron chi connectivity index (χ3n) is 4.69. The maximum Gasteiger partial charge on any atom is 0.338 e. The van der Waals surface area contributed by atoms with Gasteiger partial charge < -0.3 is 9.47 Å². The lowest BCUT2D eigenvalue weighted by molar-refractivity contribution is 0.0472. The van der Waals surface area contributed by atoms with Crippen molar-refractivity contribution in [2.24, 2.45) is 0 Å². The van der Waals surface area contributed by atoms with E-state index in [0.29, 0.717) is 16.8 Å². The first-order valence-corrected chi connectivity index (χ1v) is 11.1. The molecule has 0 unspecified atom stereocenters. The Morgan fingerprint density at radius 2 is 2.00 bits per heavy atom. The van der Waals surface area contributed by atoms with Crippen molar-refractivity contribution < 1.29 is 22.7 Å². The molecule has 1 heterocycles. The SMILES string of the molecule is COc1ccc2cc(COC(=O)c3cccc(S(=O)(=O)NC4CC4)c3)c(Cl)nc2c1. The zero-order valence-corrected chi connectivity index (χ0v) is 17.7. The average Bonchev–Trinajstić information content (AvgIpc) is 3.55. The van der Waals surface area contributed by atoms with Crippen molar-refractivity contribution in [3.8, 4) is 5.75 Å². The standard InChI is InChI=1S/C21H19ClN2O5S/c1-28-17-8-5-13-9-15(20(22)23-19(13)11-17)12-29-21(25)14-3-2-4-18(10-14)30(26,27)24-16-6-7-16/h2-5,8-11,16,24H,6-7,12H2,1H3. The number of hydrogen-bond acceptors (Lipinski definition) is 6. The molecule has 1 aliphatic rings. The molecule has 3 aromatic rings. The molecule has 7 nitrogen and oxygen atoms in total. The topological polar surface area (TPSA) is 94.6 Å². The number of nitrogens with one attached hydrogen (secondary N) is 1. The molecule has 1 saturated carbocycles. The third kappa shape index (κ3) is 4.56. The zero-order chi connectivity index (χ0) is 21.3. The highest BCUT2D eigenvalue weighted by atomic mass is 35.5. The Labute approximate surface area is 179 Å². The summed E-state index contributed by atoms with van der Waals surface area (Å²) in [5, 5.41) is 1.04. The van der Waals surface area contributed by atoms with Crippen LogP contribution >= 0.6 is 11.6 Å². The van der Waals surface area contributed by atoms with Gasteiger partial charge in [-0.1, -0.05) is 17.7 Å². The van der Waals surface area contributed by atoms with Gasteiger partial charge in [0, 0.05) is 23.1 Å². The van der Waals surface area contributed by atoms with Crippen molar-refractivity contribution in [2.45, 2.75) is 30.4 Å². The molecule has 0 bridgehead atoms. The summed E-state index contributed by atoms with van der Waals surface area (Å²) in [6.45, 7) is -0.0933. The second-order valence-corrected chi connectivity index (χ2v) is 9.07. The van der Waals surface area contributed by atoms with Gasteiger partial charge in [0.2, 0.25) is 10.0 Å². The van der Waals surface area contributed by atoms with Crippen LogP contribution in [-0.4, -0.2) is 32.5 Å². The maximum absolute atomic E-state index is 12.5. The molecule has 0 saturated heterocycles. The molecule has 4 rings (SSSR count). The third-order valence-corrected chi connectivity index (χ3v) is 6.53. The Hall–Kier alpha value is -2.68. The van der Waals surface area contributed by atoms with Gasteiger partial charge in [-0.25, -0.2) is 22.9 Å². The predicted molar refractivity (Wildman–Crippen MR) is 112 cm³/mol. The van der Waals surface area contributed by atoms with E-state index in [1.54, 1.807) is 25.3 Å². The van der Waals surface area contributed by atoms with E-state index in [2.05, 4.69) is 9.71 Å². The lowest BCUT2D eigenvalue weighted by Crippen LogP contribution is -2.25. The highest BCUT2D eigenvalue weighted by Crippen LogP contribution is 2.25. The minimum Gasteiger partial charge on any atom is -0.497 e. The normalized spacial score (nSPS) is 13.9. The molecule has 0 aliphatic heterocycles. The van der Waals surface area contributed by atoms with E-state index in [1.807, 2.05) is 6.07 Å². The summed E-state index contributed by atoms with van der Waals surface area (Å²) in [5.74, 6) is 0.0145. The first-order valence-electron chi connectivity index (χ1n) is 9.28. The number of ether oxygens (including phenoxy) is 2. The first-order chi connectivity index (χ1) is 14.4. The fraction of sp³-hybridized carbons (Fsp3) is 0.238. The van der Waals surface area contributed by atoms with Gasteiger partial charge in [-0.15, -0.1) is 0 Å². The summed E-state index contributed by atoms with van der Waals surface area (Å²) in [5.41, 5.74) is 1.35. The van der Waals surface area contributed by atoms with Crippen molar-refractivity contribution in [2.75, 3.05) is 7.11 Å². The number of nitrogens with zero attached hydrogens (tertiary/aromatic N) is 1. The zero-order valence-electron chi connectivity index (χ0n) is 16.1. The molecular formula is C21H19ClN2O5S. The summed E-state index contributed by atoms with van der Waals surface area (Å²) in [4.78, 5) is 16.8. The van der Waals surface area contributed by atoms with Crippen LogP contribution in [0.1, 0.15) is 28.8 Å². The van der Waals surface area contributed by atoms with Gasteiger partial charge >= 0.3 is 5.97 Å². The van der Waals surface area contributed by atoms with E-state index in [-0.39, 0.29) is 28.3 Å². The van der Waals surface area contributed by atoms with Crippen LogP contribution in [0.15, 0.2) is 53.4 Å². The predicted octanol–water partition coefficient (Wildman–Crippen LogP) is 3.69. The van der Waals surface area contributed by atoms with Crippen LogP contribution < -0.4 is 9.46 Å². The number of rotatable bonds is 7. The number of fused-ring (bicyclic) bond motifs is 1. The average molecular weight is 447 g/mol. The molecule has 1 aliphatic carbocycles. The number of carbonyl (C=O) groups excluding carboxylic acids is 1. The molecule has 0 spiro atoms. The van der Waals surface area contributed by atoms with E-state index in [9.17, 15) is 13.2 Å². The summed E-state index contributed by atoms with van der Waals surface area (Å²) in [7, 11) is -2.09. The van der Waals surface area contributed by atoms with E-state index in [4.69, 9.17) is 21.1 Å². The largest absolute Gasteiger partial charge is 0.497 e. The number of methoxy groups -OCH3 is 1. The van der Waals surface area contributed by atoms with Gasteiger partial charge in [0.05, 0.1) is 23.1 Å². The van der Waals surface area contributed by atoms with Crippen molar-refractivity contribution in [1.29, 1.82) is 0 Å². The second kappa shape index (κ2) is 8.22. The molecule has 2 aromatic carbocycles. The van der Waals surface area contributed by atoms with Crippen LogP contribution in [0.3, 0.4) is 0 Å². The van der Waals surface area contributed by atoms with Gasteiger partial charge in [-0.2, -0.15) is 0 Å². The van der Waals surface area contributed by atoms with Crippen LogP contribution in [0.2, 0.25) is 5.15 Å². The fourth-order valence-corrected chi connectivity index (χ4v) is 4.45. The van der Waals surface area contributed by atoms with Crippen molar-refractivity contribution in [3.05, 3.63) is 64.8 Å². The van der Waals surface area contributed by atoms with Gasteiger partial charge in [-0.05, 0) is 49.2 Å². The van der Waals surface area contributed by atoms with Crippen LogP contribution in [0.25, 0.3) is 10.9 Å². The second-order valence-electron chi connectivity index (χ2n) is 7.00.